The van der Waals surface area contributed by atoms with Crippen molar-refractivity contribution in [2.75, 3.05) is 0 Å². The number of thiazole rings is 1. The van der Waals surface area contributed by atoms with Crippen LogP contribution in [0, 0.1) is 21.7 Å². The summed E-state index contributed by atoms with van der Waals surface area (Å²) < 4.78 is 74.5. The van der Waals surface area contributed by atoms with Gasteiger partial charge in [0.2, 0.25) is 0 Å². The van der Waals surface area contributed by atoms with E-state index in [9.17, 15) is 32.1 Å². The molecule has 0 atom stereocenters. The summed E-state index contributed by atoms with van der Waals surface area (Å²) in [7, 11) is 0. The van der Waals surface area contributed by atoms with Gasteiger partial charge in [-0.1, -0.05) is 24.3 Å². The summed E-state index contributed by atoms with van der Waals surface area (Å²) in [4.78, 5) is 14.3. The maximum Gasteiger partial charge on any atom is 0.423 e. The second-order valence-corrected chi connectivity index (χ2v) is 8.46. The average molecular weight is 506 g/mol. The summed E-state index contributed by atoms with van der Waals surface area (Å²) >= 11 is 1.26. The molecule has 0 N–H and O–H groups in total. The lowest BCUT2D eigenvalue weighted by molar-refractivity contribution is -0.388. The molecular weight excluding hydrogens is 491 g/mol. The Morgan fingerprint density at radius 3 is 1.94 bits per heavy atom. The summed E-state index contributed by atoms with van der Waals surface area (Å²) in [5.74, 6) is -1.43. The van der Waals surface area contributed by atoms with Gasteiger partial charge >= 0.3 is 6.18 Å². The molecule has 0 fully saturated rings. The number of ether oxygens (including phenoxy) is 1. The van der Waals surface area contributed by atoms with Crippen LogP contribution in [0.15, 0.2) is 78.3 Å². The third kappa shape index (κ3) is 5.14. The monoisotopic (exact) mass is 506 g/mol. The third-order valence-electron chi connectivity index (χ3n) is 5.27. The van der Waals surface area contributed by atoms with Crippen LogP contribution in [0.2, 0.25) is 0 Å². The molecule has 1 heterocycles. The predicted octanol–water partition coefficient (Wildman–Crippen LogP) is 6.91. The third-order valence-corrected chi connectivity index (χ3v) is 6.05. The van der Waals surface area contributed by atoms with E-state index in [1.54, 1.807) is 5.38 Å². The highest BCUT2D eigenvalue weighted by atomic mass is 32.1. The van der Waals surface area contributed by atoms with Crippen LogP contribution in [-0.2, 0) is 18.2 Å². The first-order valence-electron chi connectivity index (χ1n) is 10.0. The molecule has 0 saturated carbocycles. The van der Waals surface area contributed by atoms with Crippen molar-refractivity contribution in [1.82, 2.24) is 4.98 Å². The molecule has 0 unspecified atom stereocenters. The number of benzene rings is 3. The Kier molecular flexibility index (Phi) is 6.53. The van der Waals surface area contributed by atoms with Crippen molar-refractivity contribution in [3.05, 3.63) is 122 Å². The summed E-state index contributed by atoms with van der Waals surface area (Å²) in [6, 6.07) is 12.6. The number of hydrogen-bond acceptors (Lipinski definition) is 5. The summed E-state index contributed by atoms with van der Waals surface area (Å²) in [6.07, 6.45) is -3.49. The van der Waals surface area contributed by atoms with Gasteiger partial charge in [0.25, 0.3) is 5.69 Å². The molecule has 0 bridgehead atoms. The minimum atomic E-state index is -5.02. The molecule has 3 aromatic carbocycles. The molecule has 0 aliphatic rings. The number of hydrogen-bond donors (Lipinski definition) is 0. The molecule has 35 heavy (non-hydrogen) atoms. The Morgan fingerprint density at radius 1 is 0.914 bits per heavy atom. The molecule has 4 rings (SSSR count). The lowest BCUT2D eigenvalue weighted by atomic mass is 9.83. The van der Waals surface area contributed by atoms with Gasteiger partial charge in [0.15, 0.2) is 5.60 Å². The highest BCUT2D eigenvalue weighted by molar-refractivity contribution is 7.09. The molecule has 0 amide bonds. The van der Waals surface area contributed by atoms with Gasteiger partial charge in [-0.3, -0.25) is 10.1 Å². The van der Waals surface area contributed by atoms with E-state index in [1.165, 1.54) is 41.8 Å². The number of aromatic nitrogens is 1. The first-order chi connectivity index (χ1) is 16.6. The van der Waals surface area contributed by atoms with E-state index in [1.807, 2.05) is 0 Å². The molecular formula is C24H15F5N2O3S. The molecule has 0 radical (unpaired) electrons. The Morgan fingerprint density at radius 2 is 1.49 bits per heavy atom. The van der Waals surface area contributed by atoms with Crippen molar-refractivity contribution in [2.45, 2.75) is 18.2 Å². The second-order valence-electron chi connectivity index (χ2n) is 7.48. The topological polar surface area (TPSA) is 65.3 Å². The first kappa shape index (κ1) is 24.3. The summed E-state index contributed by atoms with van der Waals surface area (Å²) in [5, 5.41) is 13.4. The quantitative estimate of drug-likeness (QED) is 0.155. The van der Waals surface area contributed by atoms with E-state index in [2.05, 4.69) is 4.98 Å². The summed E-state index contributed by atoms with van der Waals surface area (Å²) in [6.45, 7) is 0. The Balaban J connectivity index is 1.94. The molecule has 11 heteroatoms. The standard InChI is InChI=1S/C24H15F5N2O3S/c25-17-5-1-15(2-6-17)23(14-22-30-11-12-35-22,16-3-7-18(26)8-4-16)34-19-9-10-21(31(32)33)20(13-19)24(27,28)29/h1-13H,14H2. The molecule has 4 aromatic rings. The highest BCUT2D eigenvalue weighted by Gasteiger charge is 2.42. The van der Waals surface area contributed by atoms with Gasteiger partial charge in [0.05, 0.1) is 9.93 Å². The maximum absolute atomic E-state index is 13.7. The fourth-order valence-corrected chi connectivity index (χ4v) is 4.37. The number of halogens is 5. The van der Waals surface area contributed by atoms with Gasteiger partial charge in [-0.15, -0.1) is 11.3 Å². The van der Waals surface area contributed by atoms with Crippen molar-refractivity contribution in [1.29, 1.82) is 0 Å². The number of alkyl halides is 3. The maximum atomic E-state index is 13.7. The molecule has 0 saturated heterocycles. The molecule has 0 aliphatic heterocycles. The van der Waals surface area contributed by atoms with Crippen LogP contribution >= 0.6 is 11.3 Å². The summed E-state index contributed by atoms with van der Waals surface area (Å²) in [5.41, 5.74) is -3.47. The average Bonchev–Trinajstić information content (AvgIpc) is 3.32. The van der Waals surface area contributed by atoms with Gasteiger partial charge in [-0.2, -0.15) is 13.2 Å². The number of rotatable bonds is 7. The molecule has 0 aliphatic carbocycles. The minimum absolute atomic E-state index is 0.000268. The largest absolute Gasteiger partial charge is 0.477 e. The predicted molar refractivity (Wildman–Crippen MR) is 118 cm³/mol. The minimum Gasteiger partial charge on any atom is -0.477 e. The first-order valence-corrected chi connectivity index (χ1v) is 10.9. The van der Waals surface area contributed by atoms with Crippen molar-refractivity contribution >= 4 is 17.0 Å². The van der Waals surface area contributed by atoms with E-state index in [-0.39, 0.29) is 12.2 Å². The molecule has 1 aromatic heterocycles. The van der Waals surface area contributed by atoms with Gasteiger partial charge in [-0.05, 0) is 36.4 Å². The van der Waals surface area contributed by atoms with E-state index in [0.29, 0.717) is 28.3 Å². The van der Waals surface area contributed by atoms with E-state index >= 15 is 0 Å². The van der Waals surface area contributed by atoms with Gasteiger partial charge in [-0.25, -0.2) is 13.8 Å². The van der Waals surface area contributed by atoms with E-state index in [4.69, 9.17) is 4.74 Å². The van der Waals surface area contributed by atoms with Crippen LogP contribution < -0.4 is 4.74 Å². The zero-order valence-electron chi connectivity index (χ0n) is 17.6. The van der Waals surface area contributed by atoms with Crippen LogP contribution in [0.4, 0.5) is 27.6 Å². The van der Waals surface area contributed by atoms with Crippen molar-refractivity contribution < 1.29 is 31.6 Å². The zero-order valence-corrected chi connectivity index (χ0v) is 18.4. The molecule has 5 nitrogen and oxygen atoms in total. The van der Waals surface area contributed by atoms with Crippen LogP contribution in [-0.4, -0.2) is 9.91 Å². The Bertz CT molecular complexity index is 1280. The fraction of sp³-hybridized carbons (Fsp3) is 0.125. The zero-order chi connectivity index (χ0) is 25.2. The highest BCUT2D eigenvalue weighted by Crippen LogP contribution is 2.43. The van der Waals surface area contributed by atoms with Crippen molar-refractivity contribution in [3.63, 3.8) is 0 Å². The lowest BCUT2D eigenvalue weighted by Crippen LogP contribution is -2.37. The Hall–Kier alpha value is -3.86. The van der Waals surface area contributed by atoms with Crippen molar-refractivity contribution in [3.8, 4) is 5.75 Å². The van der Waals surface area contributed by atoms with Crippen molar-refractivity contribution in [2.24, 2.45) is 0 Å². The normalized spacial score (nSPS) is 11.9. The van der Waals surface area contributed by atoms with Gasteiger partial charge < -0.3 is 4.74 Å². The second kappa shape index (κ2) is 9.41. The van der Waals surface area contributed by atoms with Crippen LogP contribution in [0.25, 0.3) is 0 Å². The lowest BCUT2D eigenvalue weighted by Gasteiger charge is -2.35. The van der Waals surface area contributed by atoms with Gasteiger partial charge in [0.1, 0.15) is 22.9 Å². The van der Waals surface area contributed by atoms with Crippen LogP contribution in [0.1, 0.15) is 21.7 Å². The van der Waals surface area contributed by atoms with E-state index in [0.717, 1.165) is 30.3 Å². The molecule has 0 spiro atoms. The fourth-order valence-electron chi connectivity index (χ4n) is 3.68. The van der Waals surface area contributed by atoms with Crippen LogP contribution in [0.5, 0.6) is 5.75 Å². The van der Waals surface area contributed by atoms with Gasteiger partial charge in [0, 0.05) is 35.2 Å². The SMILES string of the molecule is O=[N+]([O-])c1ccc(OC(Cc2nccs2)(c2ccc(F)cc2)c2ccc(F)cc2)cc1C(F)(F)F. The van der Waals surface area contributed by atoms with E-state index < -0.39 is 39.6 Å². The number of nitro groups is 1. The number of nitro benzene ring substituents is 1. The van der Waals surface area contributed by atoms with Crippen LogP contribution in [0.3, 0.4) is 0 Å². The Labute approximate surface area is 199 Å². The molecule has 180 valence electrons. The smallest absolute Gasteiger partial charge is 0.423 e. The number of nitrogens with zero attached hydrogens (tertiary/aromatic N) is 2.